The summed E-state index contributed by atoms with van der Waals surface area (Å²) in [4.78, 5) is 108. The Kier molecular flexibility index (Phi) is 20.0. The van der Waals surface area contributed by atoms with Gasteiger partial charge in [0.05, 0.1) is 17.3 Å². The van der Waals surface area contributed by atoms with Crippen LogP contribution in [0.25, 0.3) is 5.32 Å². The van der Waals surface area contributed by atoms with E-state index in [0.29, 0.717) is 51.8 Å². The van der Waals surface area contributed by atoms with Crippen molar-refractivity contribution in [3.63, 3.8) is 0 Å². The summed E-state index contributed by atoms with van der Waals surface area (Å²) in [6.07, 6.45) is 1.02. The monoisotopic (exact) mass is 1030 g/mol. The average Bonchev–Trinajstić information content (AvgIpc) is 3.84. The maximum absolute atomic E-state index is 13.5. The van der Waals surface area contributed by atoms with Crippen molar-refractivity contribution in [2.24, 2.45) is 94.7 Å². The van der Waals surface area contributed by atoms with E-state index in [9.17, 15) is 38.7 Å². The standard InChI is InChI=1S/C48H73N11O8.CN.Co.H2O/c1-23(60)22-55-38(67)16-17-45(6)29(18-35(52)64)43-48(9)47(8,21-37(54)66)28(12-15-34(51)63)40(59-48)25(3)42-46(7,20-36(53)65)26(10-13-32(49)61)30(56-42)19-31-44(4,5)27(11-14-33(50)62)39(57-31)24(2)41(45)58-43;1-2;;/h19,23,26-29,43,60H,10-18,20-22H2,1-9H3,(H14,49,50,51,52,53,54,55,56,57,58,59,61,62,63,64,65,66,67);;;1H2/q;-1;;. The minimum Gasteiger partial charge on any atom is -0.682 e. The molecule has 0 spiro atoms. The van der Waals surface area contributed by atoms with Crippen LogP contribution >= 0.6 is 0 Å². The van der Waals surface area contributed by atoms with E-state index in [1.807, 2.05) is 61.5 Å². The summed E-state index contributed by atoms with van der Waals surface area (Å²) in [6.45, 7) is 21.6. The summed E-state index contributed by atoms with van der Waals surface area (Å²) >= 11 is 0. The molecule has 10 atom stereocenters. The molecule has 0 aromatic rings. The van der Waals surface area contributed by atoms with Crippen molar-refractivity contribution in [2.75, 3.05) is 6.54 Å². The van der Waals surface area contributed by atoms with Crippen LogP contribution in [0.2, 0.25) is 0 Å². The molecular weight excluding hydrogens is 960 g/mol. The van der Waals surface area contributed by atoms with Gasteiger partial charge in [-0.1, -0.05) is 40.7 Å². The summed E-state index contributed by atoms with van der Waals surface area (Å²) < 4.78 is 0. The number of carbonyl (C=O) groups excluding carboxylic acids is 7. The SMILES string of the molecule is CC1=C2N=C(/C=C3N=C(/C(C)=C4\[N-]C(C(CC(N)=O)C4(C)CCC(=O)NCC(C)O)C4(C)N=C1C(CCC(N)=O)C4(C)CC(N)=O)C(CCC(N)=O)C\3(C)C)C(CCC(N)=O)C2(C)CC(N)=O.[C-]#N.[Co].[OH3+]. The summed E-state index contributed by atoms with van der Waals surface area (Å²) in [6, 6.07) is -0.923. The Hall–Kier alpha value is -5.76. The summed E-state index contributed by atoms with van der Waals surface area (Å²) in [7, 11) is 0. The van der Waals surface area contributed by atoms with Gasteiger partial charge in [0.1, 0.15) is 0 Å². The molecule has 1 fully saturated rings. The molecule has 21 nitrogen and oxygen atoms in total. The van der Waals surface area contributed by atoms with Crippen molar-refractivity contribution in [1.29, 1.82) is 5.26 Å². The van der Waals surface area contributed by atoms with Gasteiger partial charge in [-0.15, -0.1) is 0 Å². The number of aliphatic hydroxyl groups is 1. The number of primary amides is 6. The molecule has 7 amide bonds. The third-order valence-corrected chi connectivity index (χ3v) is 16.0. The molecule has 5 aliphatic rings. The van der Waals surface area contributed by atoms with Crippen LogP contribution in [0.4, 0.5) is 0 Å². The quantitative estimate of drug-likeness (QED) is 0.0649. The van der Waals surface area contributed by atoms with Crippen molar-refractivity contribution < 1.29 is 60.9 Å². The zero-order valence-electron chi connectivity index (χ0n) is 42.4. The number of carbonyl (C=O) groups is 7. The first-order valence-corrected chi connectivity index (χ1v) is 23.4. The number of hydrogen-bond donors (Lipinski definition) is 8. The Balaban J connectivity index is 0.00000426. The number of allylic oxidation sites excluding steroid dienone is 6. The maximum atomic E-state index is 13.5. The summed E-state index contributed by atoms with van der Waals surface area (Å²) in [5.74, 6) is -6.42. The average molecular weight is 1040 g/mol. The fourth-order valence-electron chi connectivity index (χ4n) is 12.2. The fraction of sp³-hybridized carbons (Fsp3) is 0.653. The third-order valence-electron chi connectivity index (χ3n) is 16.0. The number of aliphatic imine (C=N–C) groups is 3. The van der Waals surface area contributed by atoms with E-state index >= 15 is 0 Å². The van der Waals surface area contributed by atoms with Crippen LogP contribution in [0.5, 0.6) is 0 Å². The van der Waals surface area contributed by atoms with E-state index in [0.717, 1.165) is 0 Å². The van der Waals surface area contributed by atoms with Crippen molar-refractivity contribution in [2.45, 2.75) is 151 Å². The van der Waals surface area contributed by atoms with Gasteiger partial charge in [-0.3, -0.25) is 48.5 Å². The van der Waals surface area contributed by atoms with Gasteiger partial charge in [0.25, 0.3) is 0 Å². The molecule has 5 rings (SSSR count). The molecule has 5 heterocycles. The van der Waals surface area contributed by atoms with E-state index in [1.165, 1.54) is 0 Å². The second kappa shape index (κ2) is 23.2. The van der Waals surface area contributed by atoms with Gasteiger partial charge < -0.3 is 67.5 Å². The summed E-state index contributed by atoms with van der Waals surface area (Å²) in [5.41, 5.74) is 34.4. The van der Waals surface area contributed by atoms with Gasteiger partial charge in [-0.2, -0.15) is 5.70 Å². The van der Waals surface area contributed by atoms with E-state index < -0.39 is 98.5 Å². The van der Waals surface area contributed by atoms with Crippen LogP contribution in [0, 0.1) is 57.2 Å². The van der Waals surface area contributed by atoms with Crippen molar-refractivity contribution in [3.05, 3.63) is 46.2 Å². The fourth-order valence-corrected chi connectivity index (χ4v) is 12.2. The number of amides is 7. The van der Waals surface area contributed by atoms with E-state index in [2.05, 4.69) is 5.32 Å². The van der Waals surface area contributed by atoms with E-state index in [4.69, 9.17) is 66.5 Å². The molecule has 0 aromatic heterocycles. The Bertz CT molecular complexity index is 2370. The first-order valence-electron chi connectivity index (χ1n) is 23.4. The predicted octanol–water partition coefficient (Wildman–Crippen LogP) is 1.69. The molecule has 0 aromatic carbocycles. The van der Waals surface area contributed by atoms with E-state index in [1.54, 1.807) is 6.92 Å². The van der Waals surface area contributed by atoms with Crippen LogP contribution < -0.4 is 39.7 Å². The van der Waals surface area contributed by atoms with Gasteiger partial charge in [0.15, 0.2) is 0 Å². The Labute approximate surface area is 426 Å². The minimum atomic E-state index is -1.40. The molecule has 0 aliphatic carbocycles. The van der Waals surface area contributed by atoms with Crippen molar-refractivity contribution in [1.82, 2.24) is 5.32 Å². The molecule has 5 aliphatic heterocycles. The number of aliphatic hydroxyl groups excluding tert-OH is 1. The largest absolute Gasteiger partial charge is 0.682 e. The molecule has 8 bridgehead atoms. The van der Waals surface area contributed by atoms with Crippen molar-refractivity contribution in [3.8, 4) is 0 Å². The Morgan fingerprint density at radius 1 is 0.732 bits per heavy atom. The topological polar surface area (TPSA) is 416 Å². The Morgan fingerprint density at radius 2 is 1.25 bits per heavy atom. The second-order valence-electron chi connectivity index (χ2n) is 21.1. The molecule has 395 valence electrons. The smallest absolute Gasteiger partial charge is 0.220 e. The van der Waals surface area contributed by atoms with Crippen LogP contribution in [0.15, 0.2) is 49.3 Å². The number of nitrogens with two attached hydrogens (primary N) is 6. The predicted molar refractivity (Wildman–Crippen MR) is 264 cm³/mol. The zero-order valence-corrected chi connectivity index (χ0v) is 43.5. The molecule has 22 heteroatoms. The first kappa shape index (κ1) is 61.4. The van der Waals surface area contributed by atoms with Gasteiger partial charge in [0.2, 0.25) is 41.4 Å². The van der Waals surface area contributed by atoms with Gasteiger partial charge >= 0.3 is 0 Å². The number of rotatable bonds is 20. The zero-order chi connectivity index (χ0) is 52.4. The summed E-state index contributed by atoms with van der Waals surface area (Å²) in [5, 5.41) is 24.6. The van der Waals surface area contributed by atoms with Gasteiger partial charge in [0, 0.05) is 125 Å². The normalized spacial score (nSPS) is 32.2. The third kappa shape index (κ3) is 12.0. The molecule has 71 heavy (non-hydrogen) atoms. The van der Waals surface area contributed by atoms with Gasteiger partial charge in [-0.25, -0.2) is 0 Å². The van der Waals surface area contributed by atoms with Crippen LogP contribution in [0.3, 0.4) is 0 Å². The van der Waals surface area contributed by atoms with Crippen LogP contribution in [0.1, 0.15) is 133 Å². The van der Waals surface area contributed by atoms with Crippen LogP contribution in [-0.4, -0.2) is 87.8 Å². The molecular formula is C49H75CoN12O9-. The van der Waals surface area contributed by atoms with Crippen LogP contribution in [-0.2, 0) is 55.8 Å². The second-order valence-corrected chi connectivity index (χ2v) is 21.1. The van der Waals surface area contributed by atoms with E-state index in [-0.39, 0.29) is 98.9 Å². The molecule has 0 saturated carbocycles. The molecule has 17 N–H and O–H groups in total. The number of fused-ring (bicyclic) bond motifs is 6. The number of nitrogens with one attached hydrogen (secondary N) is 1. The minimum absolute atomic E-state index is 0. The van der Waals surface area contributed by atoms with Gasteiger partial charge in [-0.05, 0) is 81.9 Å². The van der Waals surface area contributed by atoms with Crippen molar-refractivity contribution >= 4 is 58.5 Å². The molecule has 10 unspecified atom stereocenters. The maximum Gasteiger partial charge on any atom is 0.220 e. The number of hydrogen-bond acceptors (Lipinski definition) is 12. The molecule has 1 saturated heterocycles. The first-order chi connectivity index (χ1) is 31.9. The molecule has 1 radical (unpaired) electrons. The Morgan fingerprint density at radius 3 is 1.75 bits per heavy atom. The number of nitrogens with zero attached hydrogens (tertiary/aromatic N) is 5.